The first kappa shape index (κ1) is 93.5. The number of hydrogen-bond donors (Lipinski definition) is 1. The average Bonchev–Trinajstić information content (AvgIpc) is 2.16. The minimum atomic E-state index is -4.39. The molecule has 0 bridgehead atoms. The van der Waals surface area contributed by atoms with Crippen molar-refractivity contribution < 1.29 is 42.1 Å². The number of ether oxygens (including phenoxy) is 2. The average molecular weight is 1360 g/mol. The van der Waals surface area contributed by atoms with Crippen LogP contribution in [0.1, 0.15) is 457 Å². The Morgan fingerprint density at radius 2 is 0.568 bits per heavy atom. The lowest BCUT2D eigenvalue weighted by Gasteiger charge is -2.24. The smallest absolute Gasteiger partial charge is 0.462 e. The van der Waals surface area contributed by atoms with Gasteiger partial charge in [-0.2, -0.15) is 0 Å². The molecule has 564 valence electrons. The van der Waals surface area contributed by atoms with E-state index in [2.05, 4.69) is 38.2 Å². The fourth-order valence-corrected chi connectivity index (χ4v) is 14.0. The molecule has 10 heteroatoms. The van der Waals surface area contributed by atoms with Crippen LogP contribution in [-0.2, 0) is 32.7 Å². The molecule has 2 unspecified atom stereocenters. The van der Waals surface area contributed by atoms with Crippen molar-refractivity contribution >= 4 is 19.8 Å². The van der Waals surface area contributed by atoms with Gasteiger partial charge in [0.05, 0.1) is 27.7 Å². The van der Waals surface area contributed by atoms with Crippen molar-refractivity contribution in [2.45, 2.75) is 463 Å². The van der Waals surface area contributed by atoms with Gasteiger partial charge >= 0.3 is 19.8 Å². The van der Waals surface area contributed by atoms with Crippen LogP contribution in [0.4, 0.5) is 0 Å². The highest BCUT2D eigenvalue weighted by molar-refractivity contribution is 7.47. The molecule has 0 aromatic rings. The van der Waals surface area contributed by atoms with E-state index in [-0.39, 0.29) is 25.6 Å². The molecule has 0 rings (SSSR count). The summed E-state index contributed by atoms with van der Waals surface area (Å²) in [5.41, 5.74) is 0. The number of hydrogen-bond acceptors (Lipinski definition) is 7. The van der Waals surface area contributed by atoms with Crippen molar-refractivity contribution in [3.8, 4) is 0 Å². The standard InChI is InChI=1S/C85H166NO8P/c1-6-8-10-12-14-16-18-20-22-24-26-28-30-32-34-36-38-40-42-44-45-47-49-51-53-55-57-59-61-63-65-67-69-71-73-75-77-84(87)91-81-83(82-93-95(89,90)92-80-79-86(3,4)5)94-85(88)78-76-74-72-70-68-66-64-62-60-58-56-54-52-50-48-46-43-41-39-37-35-33-31-29-27-25-23-21-19-17-15-13-11-9-7-2/h19,21,25,27,83H,6-18,20,22-24,26,28-82H2,1-5H3/p+1/b21-19-,27-25-. The van der Waals surface area contributed by atoms with Gasteiger partial charge in [0, 0.05) is 12.8 Å². The van der Waals surface area contributed by atoms with Gasteiger partial charge in [-0.25, -0.2) is 4.57 Å². The summed E-state index contributed by atoms with van der Waals surface area (Å²) in [5, 5.41) is 0. The van der Waals surface area contributed by atoms with E-state index in [9.17, 15) is 19.0 Å². The van der Waals surface area contributed by atoms with Gasteiger partial charge in [0.15, 0.2) is 6.10 Å². The van der Waals surface area contributed by atoms with Crippen LogP contribution in [0.2, 0.25) is 0 Å². The van der Waals surface area contributed by atoms with E-state index >= 15 is 0 Å². The highest BCUT2D eigenvalue weighted by Gasteiger charge is 2.27. The maximum absolute atomic E-state index is 12.9. The Morgan fingerprint density at radius 3 is 0.832 bits per heavy atom. The molecule has 0 spiro atoms. The minimum Gasteiger partial charge on any atom is -0.462 e. The molecule has 0 fully saturated rings. The maximum atomic E-state index is 12.9. The summed E-state index contributed by atoms with van der Waals surface area (Å²) in [7, 11) is 1.51. The molecule has 0 heterocycles. The summed E-state index contributed by atoms with van der Waals surface area (Å²) in [6.07, 6.45) is 99.3. The predicted octanol–water partition coefficient (Wildman–Crippen LogP) is 28.4. The highest BCUT2D eigenvalue weighted by atomic mass is 31.2. The minimum absolute atomic E-state index is 0.0364. The fourth-order valence-electron chi connectivity index (χ4n) is 13.2. The van der Waals surface area contributed by atoms with Crippen LogP contribution in [0.5, 0.6) is 0 Å². The lowest BCUT2D eigenvalue weighted by Crippen LogP contribution is -2.37. The zero-order valence-electron chi connectivity index (χ0n) is 64.7. The van der Waals surface area contributed by atoms with Gasteiger partial charge in [-0.1, -0.05) is 423 Å². The number of phosphoric acid groups is 1. The summed E-state index contributed by atoms with van der Waals surface area (Å²) < 4.78 is 34.9. The second kappa shape index (κ2) is 76.7. The Kier molecular flexibility index (Phi) is 75.4. The molecule has 0 aliphatic heterocycles. The summed E-state index contributed by atoms with van der Waals surface area (Å²) in [6, 6.07) is 0. The third-order valence-corrected chi connectivity index (χ3v) is 20.7. The molecular formula is C85H167NO8P+. The normalized spacial score (nSPS) is 13.0. The summed E-state index contributed by atoms with van der Waals surface area (Å²) in [5.74, 6) is -0.767. The van der Waals surface area contributed by atoms with Crippen molar-refractivity contribution in [1.29, 1.82) is 0 Å². The SMILES string of the molecule is CCCCCCC/C=C\C/C=C\CCCCCCCCCCCCCCCCCCCCCCCCCC(=O)OC(COC(=O)CCCCCCCCCCCCCCCCCCCCCCCCCCCCCCCCCCCCCC)COP(=O)(O)OCC[N+](C)(C)C. The van der Waals surface area contributed by atoms with Gasteiger partial charge < -0.3 is 18.9 Å². The van der Waals surface area contributed by atoms with Crippen molar-refractivity contribution in [1.82, 2.24) is 0 Å². The molecule has 9 nitrogen and oxygen atoms in total. The summed E-state index contributed by atoms with van der Waals surface area (Å²) >= 11 is 0. The van der Waals surface area contributed by atoms with Gasteiger partial charge in [0.1, 0.15) is 19.8 Å². The van der Waals surface area contributed by atoms with E-state index in [0.717, 1.165) is 44.9 Å². The number of quaternary nitrogens is 1. The molecule has 2 atom stereocenters. The van der Waals surface area contributed by atoms with Gasteiger partial charge in [-0.15, -0.1) is 0 Å². The Morgan fingerprint density at radius 1 is 0.326 bits per heavy atom. The lowest BCUT2D eigenvalue weighted by molar-refractivity contribution is -0.870. The number of likely N-dealkylation sites (N-methyl/N-ethyl adjacent to an activating group) is 1. The van der Waals surface area contributed by atoms with Crippen LogP contribution in [0, 0.1) is 0 Å². The van der Waals surface area contributed by atoms with Gasteiger partial charge in [0.25, 0.3) is 0 Å². The zero-order valence-corrected chi connectivity index (χ0v) is 65.6. The Hall–Kier alpha value is -1.51. The Balaban J connectivity index is 3.86. The number of phosphoric ester groups is 1. The van der Waals surface area contributed by atoms with E-state index < -0.39 is 26.5 Å². The molecule has 0 saturated carbocycles. The van der Waals surface area contributed by atoms with Crippen molar-refractivity contribution in [2.75, 3.05) is 47.5 Å². The number of allylic oxidation sites excluding steroid dienone is 4. The first-order chi connectivity index (χ1) is 46.5. The number of esters is 2. The molecule has 0 aromatic heterocycles. The van der Waals surface area contributed by atoms with Crippen LogP contribution in [0.25, 0.3) is 0 Å². The molecule has 0 aliphatic carbocycles. The largest absolute Gasteiger partial charge is 0.472 e. The Bertz CT molecular complexity index is 1650. The second-order valence-electron chi connectivity index (χ2n) is 30.6. The first-order valence-electron chi connectivity index (χ1n) is 42.6. The van der Waals surface area contributed by atoms with Gasteiger partial charge in [0.2, 0.25) is 0 Å². The fraction of sp³-hybridized carbons (Fsp3) is 0.929. The van der Waals surface area contributed by atoms with E-state index in [0.29, 0.717) is 17.4 Å². The molecule has 0 saturated heterocycles. The monoisotopic (exact) mass is 1360 g/mol. The summed E-state index contributed by atoms with van der Waals surface area (Å²) in [6.45, 7) is 4.52. The number of carbonyl (C=O) groups excluding carboxylic acids is 2. The van der Waals surface area contributed by atoms with E-state index in [4.69, 9.17) is 18.5 Å². The van der Waals surface area contributed by atoms with Crippen molar-refractivity contribution in [3.63, 3.8) is 0 Å². The van der Waals surface area contributed by atoms with Crippen molar-refractivity contribution in [3.05, 3.63) is 24.3 Å². The van der Waals surface area contributed by atoms with Crippen molar-refractivity contribution in [2.24, 2.45) is 0 Å². The predicted molar refractivity (Wildman–Crippen MR) is 414 cm³/mol. The van der Waals surface area contributed by atoms with Crippen LogP contribution < -0.4 is 0 Å². The third kappa shape index (κ3) is 81.3. The first-order valence-corrected chi connectivity index (χ1v) is 44.1. The summed E-state index contributed by atoms with van der Waals surface area (Å²) in [4.78, 5) is 36.0. The number of rotatable bonds is 81. The zero-order chi connectivity index (χ0) is 69.0. The second-order valence-corrected chi connectivity index (χ2v) is 32.0. The van der Waals surface area contributed by atoms with Crippen LogP contribution in [-0.4, -0.2) is 74.9 Å². The quantitative estimate of drug-likeness (QED) is 0.0211. The van der Waals surface area contributed by atoms with Crippen LogP contribution >= 0.6 is 7.82 Å². The van der Waals surface area contributed by atoms with Gasteiger partial charge in [-0.3, -0.25) is 18.6 Å². The molecule has 0 aromatic carbocycles. The van der Waals surface area contributed by atoms with Crippen LogP contribution in [0.3, 0.4) is 0 Å². The molecule has 0 aliphatic rings. The van der Waals surface area contributed by atoms with Gasteiger partial charge in [-0.05, 0) is 44.9 Å². The molecular weight excluding hydrogens is 1190 g/mol. The third-order valence-electron chi connectivity index (χ3n) is 19.7. The van der Waals surface area contributed by atoms with Crippen LogP contribution in [0.15, 0.2) is 24.3 Å². The Labute approximate surface area is 593 Å². The lowest BCUT2D eigenvalue weighted by atomic mass is 10.0. The highest BCUT2D eigenvalue weighted by Crippen LogP contribution is 2.43. The van der Waals surface area contributed by atoms with E-state index in [1.165, 1.54) is 385 Å². The number of carbonyl (C=O) groups is 2. The van der Waals surface area contributed by atoms with E-state index in [1.807, 2.05) is 21.1 Å². The molecule has 1 N–H and O–H groups in total. The molecule has 0 radical (unpaired) electrons. The molecule has 95 heavy (non-hydrogen) atoms. The topological polar surface area (TPSA) is 108 Å². The van der Waals surface area contributed by atoms with E-state index in [1.54, 1.807) is 0 Å². The molecule has 0 amide bonds. The number of unbranched alkanes of at least 4 members (excludes halogenated alkanes) is 63. The maximum Gasteiger partial charge on any atom is 0.472 e. The number of nitrogens with zero attached hydrogens (tertiary/aromatic N) is 1.